The number of nitrogens with zero attached hydrogens (tertiary/aromatic N) is 2. The van der Waals surface area contributed by atoms with Crippen molar-refractivity contribution in [3.05, 3.63) is 24.3 Å². The van der Waals surface area contributed by atoms with Gasteiger partial charge in [0.1, 0.15) is 6.04 Å². The van der Waals surface area contributed by atoms with Crippen LogP contribution in [0.15, 0.2) is 24.3 Å². The summed E-state index contributed by atoms with van der Waals surface area (Å²) in [5.74, 6) is -0.437. The van der Waals surface area contributed by atoms with Crippen molar-refractivity contribution in [3.8, 4) is 0 Å². The first-order valence-corrected chi connectivity index (χ1v) is 10.1. The highest BCUT2D eigenvalue weighted by molar-refractivity contribution is 5.97. The van der Waals surface area contributed by atoms with E-state index in [1.807, 2.05) is 38.1 Å². The van der Waals surface area contributed by atoms with Crippen LogP contribution < -0.4 is 16.0 Å². The lowest BCUT2D eigenvalue weighted by atomic mass is 9.96. The normalized spacial score (nSPS) is 20.5. The molecule has 2 aliphatic heterocycles. The summed E-state index contributed by atoms with van der Waals surface area (Å²) in [7, 11) is 0. The Morgan fingerprint density at radius 1 is 1.04 bits per heavy atom. The van der Waals surface area contributed by atoms with Gasteiger partial charge in [-0.25, -0.2) is 0 Å². The Kier molecular flexibility index (Phi) is 6.21. The maximum absolute atomic E-state index is 12.7. The molecule has 1 unspecified atom stereocenters. The van der Waals surface area contributed by atoms with Gasteiger partial charge in [0.15, 0.2) is 0 Å². The van der Waals surface area contributed by atoms with E-state index in [0.29, 0.717) is 13.0 Å². The number of likely N-dealkylation sites (tertiary alicyclic amines) is 1. The third-order valence-electron chi connectivity index (χ3n) is 5.73. The number of piperidine rings is 1. The maximum atomic E-state index is 12.7. The average Bonchev–Trinajstić information content (AvgIpc) is 3.18. The zero-order valence-electron chi connectivity index (χ0n) is 16.7. The number of primary amides is 1. The van der Waals surface area contributed by atoms with Crippen LogP contribution in [0.25, 0.3) is 0 Å². The van der Waals surface area contributed by atoms with Crippen LogP contribution in [0.4, 0.5) is 11.4 Å². The van der Waals surface area contributed by atoms with E-state index in [1.54, 1.807) is 4.90 Å². The molecule has 7 heteroatoms. The van der Waals surface area contributed by atoms with Crippen LogP contribution >= 0.6 is 0 Å². The molecule has 0 bridgehead atoms. The topological polar surface area (TPSA) is 95.7 Å². The molecule has 3 N–H and O–H groups in total. The predicted octanol–water partition coefficient (Wildman–Crippen LogP) is 1.97. The van der Waals surface area contributed by atoms with Crippen molar-refractivity contribution >= 4 is 29.1 Å². The number of hydrogen-bond acceptors (Lipinski definition) is 4. The van der Waals surface area contributed by atoms with Crippen molar-refractivity contribution in [2.24, 2.45) is 17.6 Å². The standard InChI is InChI=1S/C21H30N4O3/c1-14(2)21(28)25-11-3-4-18(25)20(27)23-16-5-7-17(8-6-16)24-12-9-15(10-13-24)19(22)26/h5-8,14-15,18H,3-4,9-13H2,1-2H3,(H2,22,26)(H,23,27). The lowest BCUT2D eigenvalue weighted by Gasteiger charge is -2.32. The number of benzene rings is 1. The molecule has 7 nitrogen and oxygen atoms in total. The molecule has 0 aromatic heterocycles. The Morgan fingerprint density at radius 2 is 1.68 bits per heavy atom. The van der Waals surface area contributed by atoms with Crippen LogP contribution in [0.1, 0.15) is 39.5 Å². The van der Waals surface area contributed by atoms with Gasteiger partial charge in [0.25, 0.3) is 0 Å². The van der Waals surface area contributed by atoms with Crippen LogP contribution in [0.2, 0.25) is 0 Å². The Balaban J connectivity index is 1.58. The number of amides is 3. The Hall–Kier alpha value is -2.57. The fourth-order valence-electron chi connectivity index (χ4n) is 4.04. The van der Waals surface area contributed by atoms with Gasteiger partial charge in [-0.15, -0.1) is 0 Å². The number of carbonyl (C=O) groups excluding carboxylic acids is 3. The van der Waals surface area contributed by atoms with E-state index < -0.39 is 0 Å². The van der Waals surface area contributed by atoms with E-state index in [1.165, 1.54) is 0 Å². The molecular formula is C21H30N4O3. The summed E-state index contributed by atoms with van der Waals surface area (Å²) in [5.41, 5.74) is 7.19. The zero-order valence-corrected chi connectivity index (χ0v) is 16.7. The second-order valence-corrected chi connectivity index (χ2v) is 8.04. The fraction of sp³-hybridized carbons (Fsp3) is 0.571. The number of nitrogens with two attached hydrogens (primary N) is 1. The number of hydrogen-bond donors (Lipinski definition) is 2. The molecule has 0 saturated carbocycles. The minimum Gasteiger partial charge on any atom is -0.371 e. The summed E-state index contributed by atoms with van der Waals surface area (Å²) >= 11 is 0. The largest absolute Gasteiger partial charge is 0.371 e. The summed E-state index contributed by atoms with van der Waals surface area (Å²) in [4.78, 5) is 40.2. The van der Waals surface area contributed by atoms with Crippen LogP contribution in [0, 0.1) is 11.8 Å². The van der Waals surface area contributed by atoms with Crippen LogP contribution in [-0.4, -0.2) is 48.3 Å². The summed E-state index contributed by atoms with van der Waals surface area (Å²) in [6.45, 7) is 5.97. The third kappa shape index (κ3) is 4.46. The van der Waals surface area contributed by atoms with Crippen molar-refractivity contribution in [3.63, 3.8) is 0 Å². The van der Waals surface area contributed by atoms with Gasteiger partial charge in [0.2, 0.25) is 17.7 Å². The van der Waals surface area contributed by atoms with Gasteiger partial charge in [-0.1, -0.05) is 13.8 Å². The van der Waals surface area contributed by atoms with Crippen molar-refractivity contribution in [2.75, 3.05) is 29.9 Å². The van der Waals surface area contributed by atoms with Gasteiger partial charge < -0.3 is 20.9 Å². The number of rotatable bonds is 5. The van der Waals surface area contributed by atoms with Crippen molar-refractivity contribution in [1.82, 2.24) is 4.90 Å². The third-order valence-corrected chi connectivity index (χ3v) is 5.73. The quantitative estimate of drug-likeness (QED) is 0.809. The lowest BCUT2D eigenvalue weighted by Crippen LogP contribution is -2.44. The number of nitrogens with one attached hydrogen (secondary N) is 1. The highest BCUT2D eigenvalue weighted by Gasteiger charge is 2.34. The molecule has 1 aromatic rings. The molecule has 2 aliphatic rings. The molecule has 152 valence electrons. The van der Waals surface area contributed by atoms with Gasteiger partial charge >= 0.3 is 0 Å². The second-order valence-electron chi connectivity index (χ2n) is 8.04. The van der Waals surface area contributed by atoms with E-state index in [0.717, 1.165) is 43.7 Å². The van der Waals surface area contributed by atoms with E-state index in [9.17, 15) is 14.4 Å². The number of carbonyl (C=O) groups is 3. The predicted molar refractivity (Wildman–Crippen MR) is 109 cm³/mol. The first-order valence-electron chi connectivity index (χ1n) is 10.1. The first-order chi connectivity index (χ1) is 13.4. The van der Waals surface area contributed by atoms with Gasteiger partial charge in [-0.05, 0) is 49.9 Å². The molecule has 1 aromatic carbocycles. The molecule has 3 rings (SSSR count). The summed E-state index contributed by atoms with van der Waals surface area (Å²) in [6.07, 6.45) is 3.11. The van der Waals surface area contributed by atoms with Crippen molar-refractivity contribution < 1.29 is 14.4 Å². The fourth-order valence-corrected chi connectivity index (χ4v) is 4.04. The molecule has 3 amide bonds. The minimum atomic E-state index is -0.387. The maximum Gasteiger partial charge on any atom is 0.247 e. The highest BCUT2D eigenvalue weighted by atomic mass is 16.2. The Labute approximate surface area is 166 Å². The molecule has 28 heavy (non-hydrogen) atoms. The van der Waals surface area contributed by atoms with E-state index in [2.05, 4.69) is 10.2 Å². The van der Waals surface area contributed by atoms with E-state index >= 15 is 0 Å². The first kappa shape index (κ1) is 20.2. The Morgan fingerprint density at radius 3 is 2.25 bits per heavy atom. The molecule has 1 atom stereocenters. The van der Waals surface area contributed by atoms with Crippen molar-refractivity contribution in [1.29, 1.82) is 0 Å². The van der Waals surface area contributed by atoms with Gasteiger partial charge in [-0.3, -0.25) is 14.4 Å². The molecule has 2 saturated heterocycles. The summed E-state index contributed by atoms with van der Waals surface area (Å²) < 4.78 is 0. The molecule has 2 heterocycles. The number of anilines is 2. The SMILES string of the molecule is CC(C)C(=O)N1CCCC1C(=O)Nc1ccc(N2CCC(C(N)=O)CC2)cc1. The average molecular weight is 386 g/mol. The lowest BCUT2D eigenvalue weighted by molar-refractivity contribution is -0.139. The smallest absolute Gasteiger partial charge is 0.247 e. The monoisotopic (exact) mass is 386 g/mol. The van der Waals surface area contributed by atoms with Crippen molar-refractivity contribution in [2.45, 2.75) is 45.6 Å². The molecule has 0 aliphatic carbocycles. The van der Waals surface area contributed by atoms with Crippen LogP contribution in [0.5, 0.6) is 0 Å². The second kappa shape index (κ2) is 8.63. The molecule has 0 spiro atoms. The molecular weight excluding hydrogens is 356 g/mol. The zero-order chi connectivity index (χ0) is 20.3. The van der Waals surface area contributed by atoms with Crippen LogP contribution in [0.3, 0.4) is 0 Å². The van der Waals surface area contributed by atoms with Crippen LogP contribution in [-0.2, 0) is 14.4 Å². The Bertz CT molecular complexity index is 724. The van der Waals surface area contributed by atoms with Gasteiger partial charge in [0, 0.05) is 42.8 Å². The summed E-state index contributed by atoms with van der Waals surface area (Å²) in [5, 5.41) is 2.95. The highest BCUT2D eigenvalue weighted by Crippen LogP contribution is 2.25. The van der Waals surface area contributed by atoms with E-state index in [4.69, 9.17) is 5.73 Å². The summed E-state index contributed by atoms with van der Waals surface area (Å²) in [6, 6.07) is 7.34. The van der Waals surface area contributed by atoms with Gasteiger partial charge in [0.05, 0.1) is 0 Å². The minimum absolute atomic E-state index is 0.0299. The molecule has 0 radical (unpaired) electrons. The van der Waals surface area contributed by atoms with E-state index in [-0.39, 0.29) is 35.6 Å². The molecule has 2 fully saturated rings. The van der Waals surface area contributed by atoms with Gasteiger partial charge in [-0.2, -0.15) is 0 Å².